The quantitative estimate of drug-likeness (QED) is 0.721. The molecule has 0 spiro atoms. The molecule has 1 aliphatic heterocycles. The molecule has 27 heavy (non-hydrogen) atoms. The average molecular weight is 384 g/mol. The minimum Gasteiger partial charge on any atom is -0.368 e. The van der Waals surface area contributed by atoms with Crippen LogP contribution < -0.4 is 5.32 Å². The predicted molar refractivity (Wildman–Crippen MR) is 106 cm³/mol. The molecule has 1 fully saturated rings. The normalized spacial score (nSPS) is 17.9. The van der Waals surface area contributed by atoms with Crippen LogP contribution in [0.2, 0.25) is 5.02 Å². The van der Waals surface area contributed by atoms with Gasteiger partial charge in [-0.2, -0.15) is 0 Å². The number of carbonyl (C=O) groups is 1. The molecule has 2 atom stereocenters. The Hall–Kier alpha value is -2.37. The molecule has 3 aromatic rings. The summed E-state index contributed by atoms with van der Waals surface area (Å²) in [6, 6.07) is 15.5. The number of hydrogen-bond acceptors (Lipinski definition) is 3. The number of benzene rings is 2. The molecule has 5 nitrogen and oxygen atoms in total. The number of fused-ring (bicyclic) bond motifs is 1. The number of carbonyl (C=O) groups excluding carboxylic acids is 1. The Morgan fingerprint density at radius 2 is 2.07 bits per heavy atom. The fraction of sp³-hybridized carbons (Fsp3) is 0.333. The number of hydrogen-bond donors (Lipinski definition) is 1. The highest BCUT2D eigenvalue weighted by molar-refractivity contribution is 6.31. The van der Waals surface area contributed by atoms with Crippen molar-refractivity contribution >= 4 is 28.5 Å². The second kappa shape index (κ2) is 7.71. The van der Waals surface area contributed by atoms with Crippen LogP contribution in [0.3, 0.4) is 0 Å². The Morgan fingerprint density at radius 1 is 1.30 bits per heavy atom. The minimum absolute atomic E-state index is 0.0728. The summed E-state index contributed by atoms with van der Waals surface area (Å²) < 4.78 is 7.62. The number of halogens is 1. The van der Waals surface area contributed by atoms with Crippen molar-refractivity contribution in [1.82, 2.24) is 14.9 Å². The van der Waals surface area contributed by atoms with E-state index in [1.54, 1.807) is 0 Å². The lowest BCUT2D eigenvalue weighted by Crippen LogP contribution is -2.36. The van der Waals surface area contributed by atoms with Gasteiger partial charge in [-0.25, -0.2) is 4.98 Å². The lowest BCUT2D eigenvalue weighted by atomic mass is 10.2. The number of imidazole rings is 1. The van der Waals surface area contributed by atoms with E-state index in [0.29, 0.717) is 13.2 Å². The highest BCUT2D eigenvalue weighted by Gasteiger charge is 2.26. The zero-order chi connectivity index (χ0) is 18.8. The van der Waals surface area contributed by atoms with Crippen molar-refractivity contribution < 1.29 is 9.53 Å². The van der Waals surface area contributed by atoms with Crippen LogP contribution in [0.25, 0.3) is 11.0 Å². The molecule has 2 aromatic carbocycles. The van der Waals surface area contributed by atoms with Crippen molar-refractivity contribution in [2.75, 3.05) is 6.61 Å². The molecule has 1 amide bonds. The summed E-state index contributed by atoms with van der Waals surface area (Å²) in [7, 11) is 0. The van der Waals surface area contributed by atoms with Gasteiger partial charge in [0.25, 0.3) is 0 Å². The molecule has 2 heterocycles. The monoisotopic (exact) mass is 383 g/mol. The third-order valence-corrected chi connectivity index (χ3v) is 5.31. The van der Waals surface area contributed by atoms with Crippen LogP contribution in [0.1, 0.15) is 37.2 Å². The highest BCUT2D eigenvalue weighted by atomic mass is 35.5. The van der Waals surface area contributed by atoms with Gasteiger partial charge in [0.1, 0.15) is 11.9 Å². The van der Waals surface area contributed by atoms with Crippen molar-refractivity contribution in [1.29, 1.82) is 0 Å². The SMILES string of the molecule is CC(NC(=O)C1CCCO1)c1nc2ccccc2n1Cc1ccccc1Cl. The molecule has 0 aliphatic carbocycles. The molecule has 0 bridgehead atoms. The third kappa shape index (κ3) is 3.70. The second-order valence-electron chi connectivity index (χ2n) is 6.87. The van der Waals surface area contributed by atoms with E-state index in [9.17, 15) is 4.79 Å². The fourth-order valence-electron chi connectivity index (χ4n) is 3.54. The molecular formula is C21H22ClN3O2. The zero-order valence-electron chi connectivity index (χ0n) is 15.2. The van der Waals surface area contributed by atoms with Crippen LogP contribution in [0.4, 0.5) is 0 Å². The summed E-state index contributed by atoms with van der Waals surface area (Å²) in [6.45, 7) is 3.20. The Labute approximate surface area is 163 Å². The Bertz CT molecular complexity index is 963. The fourth-order valence-corrected chi connectivity index (χ4v) is 3.74. The first-order valence-electron chi connectivity index (χ1n) is 9.24. The summed E-state index contributed by atoms with van der Waals surface area (Å²) in [6.07, 6.45) is 1.35. The van der Waals surface area contributed by atoms with E-state index in [2.05, 4.69) is 9.88 Å². The molecule has 1 saturated heterocycles. The summed E-state index contributed by atoms with van der Waals surface area (Å²) in [5, 5.41) is 3.78. The molecule has 1 aromatic heterocycles. The maximum atomic E-state index is 12.5. The van der Waals surface area contributed by atoms with Gasteiger partial charge in [0.2, 0.25) is 5.91 Å². The maximum absolute atomic E-state index is 12.5. The molecule has 0 radical (unpaired) electrons. The van der Waals surface area contributed by atoms with Crippen LogP contribution in [-0.2, 0) is 16.1 Å². The van der Waals surface area contributed by atoms with Crippen LogP contribution >= 0.6 is 11.6 Å². The Balaban J connectivity index is 1.67. The van der Waals surface area contributed by atoms with E-state index in [1.165, 1.54) is 0 Å². The summed E-state index contributed by atoms with van der Waals surface area (Å²) in [5.41, 5.74) is 2.93. The van der Waals surface area contributed by atoms with Crippen LogP contribution in [0.15, 0.2) is 48.5 Å². The molecule has 140 valence electrons. The first-order valence-corrected chi connectivity index (χ1v) is 9.62. The Kier molecular flexibility index (Phi) is 5.14. The van der Waals surface area contributed by atoms with Gasteiger partial charge in [0.05, 0.1) is 23.6 Å². The van der Waals surface area contributed by atoms with Gasteiger partial charge in [-0.05, 0) is 43.5 Å². The van der Waals surface area contributed by atoms with Gasteiger partial charge in [0.15, 0.2) is 0 Å². The van der Waals surface area contributed by atoms with E-state index >= 15 is 0 Å². The first kappa shape index (κ1) is 18.0. The third-order valence-electron chi connectivity index (χ3n) is 4.94. The Morgan fingerprint density at radius 3 is 2.85 bits per heavy atom. The van der Waals surface area contributed by atoms with Crippen molar-refractivity contribution in [3.05, 3.63) is 64.9 Å². The van der Waals surface area contributed by atoms with E-state index < -0.39 is 0 Å². The molecule has 1 N–H and O–H groups in total. The summed E-state index contributed by atoms with van der Waals surface area (Å²) in [5.74, 6) is 0.735. The van der Waals surface area contributed by atoms with Gasteiger partial charge in [-0.3, -0.25) is 4.79 Å². The molecular weight excluding hydrogens is 362 g/mol. The second-order valence-corrected chi connectivity index (χ2v) is 7.28. The smallest absolute Gasteiger partial charge is 0.249 e. The largest absolute Gasteiger partial charge is 0.368 e. The number of aromatic nitrogens is 2. The van der Waals surface area contributed by atoms with Crippen LogP contribution in [0, 0.1) is 0 Å². The van der Waals surface area contributed by atoms with E-state index in [4.69, 9.17) is 21.3 Å². The summed E-state index contributed by atoms with van der Waals surface area (Å²) in [4.78, 5) is 17.3. The van der Waals surface area contributed by atoms with Crippen LogP contribution in [-0.4, -0.2) is 28.2 Å². The van der Waals surface area contributed by atoms with Crippen molar-refractivity contribution in [3.8, 4) is 0 Å². The molecule has 0 saturated carbocycles. The molecule has 4 rings (SSSR count). The van der Waals surface area contributed by atoms with Crippen LogP contribution in [0.5, 0.6) is 0 Å². The van der Waals surface area contributed by atoms with Gasteiger partial charge < -0.3 is 14.6 Å². The number of ether oxygens (including phenoxy) is 1. The standard InChI is InChI=1S/C21H22ClN3O2/c1-14(23-21(26)19-11-6-12-27-19)20-24-17-9-4-5-10-18(17)25(20)13-15-7-2-3-8-16(15)22/h2-5,7-10,14,19H,6,11-13H2,1H3,(H,23,26). The first-order chi connectivity index (χ1) is 13.1. The minimum atomic E-state index is -0.353. The lowest BCUT2D eigenvalue weighted by molar-refractivity contribution is -0.130. The van der Waals surface area contributed by atoms with Crippen molar-refractivity contribution in [3.63, 3.8) is 0 Å². The predicted octanol–water partition coefficient (Wildman–Crippen LogP) is 4.09. The number of rotatable bonds is 5. The van der Waals surface area contributed by atoms with E-state index in [-0.39, 0.29) is 18.1 Å². The molecule has 1 aliphatic rings. The van der Waals surface area contributed by atoms with Gasteiger partial charge in [-0.15, -0.1) is 0 Å². The number of amides is 1. The number of nitrogens with zero attached hydrogens (tertiary/aromatic N) is 2. The maximum Gasteiger partial charge on any atom is 0.249 e. The van der Waals surface area contributed by atoms with E-state index in [0.717, 1.165) is 40.3 Å². The molecule has 2 unspecified atom stereocenters. The zero-order valence-corrected chi connectivity index (χ0v) is 15.9. The number of nitrogens with one attached hydrogen (secondary N) is 1. The topological polar surface area (TPSA) is 56.1 Å². The van der Waals surface area contributed by atoms with Gasteiger partial charge in [-0.1, -0.05) is 41.9 Å². The van der Waals surface area contributed by atoms with Crippen molar-refractivity contribution in [2.45, 2.75) is 38.5 Å². The van der Waals surface area contributed by atoms with Gasteiger partial charge in [0, 0.05) is 11.6 Å². The van der Waals surface area contributed by atoms with Gasteiger partial charge >= 0.3 is 0 Å². The average Bonchev–Trinajstić information content (AvgIpc) is 3.32. The highest BCUT2D eigenvalue weighted by Crippen LogP contribution is 2.25. The number of para-hydroxylation sites is 2. The van der Waals surface area contributed by atoms with E-state index in [1.807, 2.05) is 55.5 Å². The molecule has 6 heteroatoms. The van der Waals surface area contributed by atoms with Crippen molar-refractivity contribution in [2.24, 2.45) is 0 Å². The lowest BCUT2D eigenvalue weighted by Gasteiger charge is -2.18. The summed E-state index contributed by atoms with van der Waals surface area (Å²) >= 11 is 6.37.